The summed E-state index contributed by atoms with van der Waals surface area (Å²) < 4.78 is 29.2. The van der Waals surface area contributed by atoms with Crippen LogP contribution in [0.15, 0.2) is 36.4 Å². The van der Waals surface area contributed by atoms with Crippen LogP contribution in [0.25, 0.3) is 10.9 Å². The van der Waals surface area contributed by atoms with Crippen LogP contribution in [0.2, 0.25) is 0 Å². The third-order valence-electron chi connectivity index (χ3n) is 4.05. The molecule has 2 aromatic carbocycles. The number of amides is 1. The maximum atomic E-state index is 13.3. The van der Waals surface area contributed by atoms with E-state index >= 15 is 0 Å². The second kappa shape index (κ2) is 7.35. The van der Waals surface area contributed by atoms with Crippen LogP contribution in [0.4, 0.5) is 4.39 Å². The van der Waals surface area contributed by atoms with Gasteiger partial charge in [-0.15, -0.1) is 0 Å². The quantitative estimate of drug-likeness (QED) is 0.709. The van der Waals surface area contributed by atoms with Crippen molar-refractivity contribution in [3.05, 3.63) is 53.5 Å². The van der Waals surface area contributed by atoms with Crippen molar-refractivity contribution in [3.63, 3.8) is 0 Å². The summed E-state index contributed by atoms with van der Waals surface area (Å²) in [5.41, 5.74) is 1.78. The van der Waals surface area contributed by atoms with Crippen molar-refractivity contribution in [1.82, 2.24) is 10.3 Å². The Hall–Kier alpha value is -3.22. The summed E-state index contributed by atoms with van der Waals surface area (Å²) in [6.07, 6.45) is 0. The Morgan fingerprint density at radius 3 is 2.38 bits per heavy atom. The molecule has 0 radical (unpaired) electrons. The van der Waals surface area contributed by atoms with Gasteiger partial charge in [-0.05, 0) is 30.3 Å². The number of hydrogen-bond donors (Lipinski definition) is 2. The minimum absolute atomic E-state index is 0.228. The SMILES string of the molecule is COc1cc(OC)c(OC)cc1CNC(=O)c1cc2cc(F)ccc2[nH]1. The lowest BCUT2D eigenvalue weighted by molar-refractivity contribution is 0.0946. The Kier molecular flexibility index (Phi) is 4.97. The molecule has 0 unspecified atom stereocenters. The van der Waals surface area contributed by atoms with E-state index < -0.39 is 0 Å². The van der Waals surface area contributed by atoms with Crippen LogP contribution in [-0.4, -0.2) is 32.2 Å². The molecule has 1 heterocycles. The van der Waals surface area contributed by atoms with Gasteiger partial charge in [0.2, 0.25) is 0 Å². The lowest BCUT2D eigenvalue weighted by atomic mass is 10.1. The van der Waals surface area contributed by atoms with Crippen molar-refractivity contribution in [1.29, 1.82) is 0 Å². The number of ether oxygens (including phenoxy) is 3. The number of H-pyrrole nitrogens is 1. The van der Waals surface area contributed by atoms with Gasteiger partial charge in [0.15, 0.2) is 11.5 Å². The van der Waals surface area contributed by atoms with Crippen LogP contribution in [0, 0.1) is 5.82 Å². The van der Waals surface area contributed by atoms with Gasteiger partial charge in [0.05, 0.1) is 21.3 Å². The molecule has 0 aliphatic rings. The summed E-state index contributed by atoms with van der Waals surface area (Å²) >= 11 is 0. The molecular formula is C19H19FN2O4. The van der Waals surface area contributed by atoms with Crippen LogP contribution in [-0.2, 0) is 6.54 Å². The number of hydrogen-bond acceptors (Lipinski definition) is 4. The third kappa shape index (κ3) is 3.42. The molecule has 6 nitrogen and oxygen atoms in total. The van der Waals surface area contributed by atoms with Crippen LogP contribution in [0.5, 0.6) is 17.2 Å². The molecule has 7 heteroatoms. The zero-order chi connectivity index (χ0) is 18.7. The number of halogens is 1. The molecule has 0 aliphatic carbocycles. The molecule has 0 atom stereocenters. The van der Waals surface area contributed by atoms with Crippen LogP contribution in [0.3, 0.4) is 0 Å². The Morgan fingerprint density at radius 2 is 1.69 bits per heavy atom. The summed E-state index contributed by atoms with van der Waals surface area (Å²) in [5.74, 6) is 0.995. The first-order valence-corrected chi connectivity index (χ1v) is 7.91. The summed E-state index contributed by atoms with van der Waals surface area (Å²) in [6, 6.07) is 9.37. The van der Waals surface area contributed by atoms with Crippen molar-refractivity contribution in [2.75, 3.05) is 21.3 Å². The molecule has 1 aromatic heterocycles. The summed E-state index contributed by atoms with van der Waals surface area (Å²) in [6.45, 7) is 0.228. The first-order valence-electron chi connectivity index (χ1n) is 7.91. The van der Waals surface area contributed by atoms with Crippen molar-refractivity contribution in [3.8, 4) is 17.2 Å². The summed E-state index contributed by atoms with van der Waals surface area (Å²) in [5, 5.41) is 3.45. The number of benzene rings is 2. The summed E-state index contributed by atoms with van der Waals surface area (Å²) in [4.78, 5) is 15.4. The summed E-state index contributed by atoms with van der Waals surface area (Å²) in [7, 11) is 4.62. The van der Waals surface area contributed by atoms with Crippen LogP contribution in [0.1, 0.15) is 16.1 Å². The lowest BCUT2D eigenvalue weighted by Gasteiger charge is -2.14. The van der Waals surface area contributed by atoms with E-state index in [2.05, 4.69) is 10.3 Å². The Bertz CT molecular complexity index is 952. The molecule has 3 rings (SSSR count). The molecule has 0 spiro atoms. The average Bonchev–Trinajstić information content (AvgIpc) is 3.08. The maximum absolute atomic E-state index is 13.3. The number of rotatable bonds is 6. The van der Waals surface area contributed by atoms with Crippen molar-refractivity contribution >= 4 is 16.8 Å². The minimum atomic E-state index is -0.349. The fourth-order valence-corrected chi connectivity index (χ4v) is 2.73. The van der Waals surface area contributed by atoms with Gasteiger partial charge in [0.1, 0.15) is 17.3 Å². The van der Waals surface area contributed by atoms with Gasteiger partial charge in [-0.2, -0.15) is 0 Å². The number of aromatic nitrogens is 1. The highest BCUT2D eigenvalue weighted by molar-refractivity contribution is 5.98. The number of aromatic amines is 1. The second-order valence-electron chi connectivity index (χ2n) is 5.62. The molecule has 26 heavy (non-hydrogen) atoms. The highest BCUT2D eigenvalue weighted by Crippen LogP contribution is 2.34. The number of methoxy groups -OCH3 is 3. The predicted molar refractivity (Wildman–Crippen MR) is 95.5 cm³/mol. The van der Waals surface area contributed by atoms with Gasteiger partial charge < -0.3 is 24.5 Å². The van der Waals surface area contributed by atoms with Gasteiger partial charge in [-0.1, -0.05) is 0 Å². The van der Waals surface area contributed by atoms with Crippen molar-refractivity contribution in [2.24, 2.45) is 0 Å². The Balaban J connectivity index is 1.79. The third-order valence-corrected chi connectivity index (χ3v) is 4.05. The van der Waals surface area contributed by atoms with Crippen molar-refractivity contribution < 1.29 is 23.4 Å². The molecule has 0 saturated carbocycles. The molecule has 136 valence electrons. The number of fused-ring (bicyclic) bond motifs is 1. The Morgan fingerprint density at radius 1 is 1.00 bits per heavy atom. The number of carbonyl (C=O) groups excluding carboxylic acids is 1. The highest BCUT2D eigenvalue weighted by Gasteiger charge is 2.14. The fraction of sp³-hybridized carbons (Fsp3) is 0.211. The van der Waals surface area contributed by atoms with E-state index in [-0.39, 0.29) is 18.3 Å². The molecule has 3 aromatic rings. The topological polar surface area (TPSA) is 72.6 Å². The molecule has 0 saturated heterocycles. The molecule has 1 amide bonds. The van der Waals surface area contributed by atoms with E-state index in [0.717, 1.165) is 5.56 Å². The maximum Gasteiger partial charge on any atom is 0.267 e. The zero-order valence-electron chi connectivity index (χ0n) is 14.7. The average molecular weight is 358 g/mol. The number of nitrogens with one attached hydrogen (secondary N) is 2. The first kappa shape index (κ1) is 17.6. The fourth-order valence-electron chi connectivity index (χ4n) is 2.73. The standard InChI is InChI=1S/C19H19FN2O4/c1-24-16-9-18(26-3)17(25-2)8-12(16)10-21-19(23)15-7-11-6-13(20)4-5-14(11)22-15/h4-9,22H,10H2,1-3H3,(H,21,23). The molecule has 0 bridgehead atoms. The van der Waals surface area contributed by atoms with Gasteiger partial charge in [0, 0.05) is 29.1 Å². The molecule has 0 aliphatic heterocycles. The van der Waals surface area contributed by atoms with E-state index in [4.69, 9.17) is 14.2 Å². The van der Waals surface area contributed by atoms with Gasteiger partial charge >= 0.3 is 0 Å². The van der Waals surface area contributed by atoms with Gasteiger partial charge in [-0.3, -0.25) is 4.79 Å². The van der Waals surface area contributed by atoms with Gasteiger partial charge in [0.25, 0.3) is 5.91 Å². The monoisotopic (exact) mass is 358 g/mol. The van der Waals surface area contributed by atoms with E-state index in [1.807, 2.05) is 0 Å². The molecule has 0 fully saturated rings. The van der Waals surface area contributed by atoms with Crippen LogP contribution < -0.4 is 19.5 Å². The normalized spacial score (nSPS) is 10.6. The predicted octanol–water partition coefficient (Wildman–Crippen LogP) is 3.26. The highest BCUT2D eigenvalue weighted by atomic mass is 19.1. The molecule has 2 N–H and O–H groups in total. The number of carbonyl (C=O) groups is 1. The van der Waals surface area contributed by atoms with Crippen LogP contribution >= 0.6 is 0 Å². The van der Waals surface area contributed by atoms with E-state index in [9.17, 15) is 9.18 Å². The Labute approximate surface area is 149 Å². The zero-order valence-corrected chi connectivity index (χ0v) is 14.7. The smallest absolute Gasteiger partial charge is 0.267 e. The molecular weight excluding hydrogens is 339 g/mol. The van der Waals surface area contributed by atoms with Gasteiger partial charge in [-0.25, -0.2) is 4.39 Å². The second-order valence-corrected chi connectivity index (χ2v) is 5.62. The first-order chi connectivity index (χ1) is 12.5. The van der Waals surface area contributed by atoms with E-state index in [1.165, 1.54) is 26.4 Å². The van der Waals surface area contributed by atoms with Crippen molar-refractivity contribution in [2.45, 2.75) is 6.54 Å². The largest absolute Gasteiger partial charge is 0.496 e. The van der Waals surface area contributed by atoms with E-state index in [0.29, 0.717) is 33.8 Å². The minimum Gasteiger partial charge on any atom is -0.496 e. The van der Waals surface area contributed by atoms with E-state index in [1.54, 1.807) is 31.4 Å². The lowest BCUT2D eigenvalue weighted by Crippen LogP contribution is -2.23.